The number of aromatic nitrogens is 4. The number of fused-ring (bicyclic) bond motifs is 8. The van der Waals surface area contributed by atoms with Gasteiger partial charge < -0.3 is 4.74 Å². The molecule has 0 saturated heterocycles. The van der Waals surface area contributed by atoms with Crippen LogP contribution in [0.4, 0.5) is 0 Å². The fraction of sp³-hybridized carbons (Fsp3) is 0.0690. The molecule has 37 heavy (non-hydrogen) atoms. The molecule has 0 aliphatic rings. The number of esters is 1. The van der Waals surface area contributed by atoms with Crippen LogP contribution in [0.1, 0.15) is 5.56 Å². The Hall–Kier alpha value is -5.11. The number of imidazole rings is 2. The number of methoxy groups -OCH3 is 1. The average molecular weight is 484 g/mol. The number of pyridine rings is 2. The zero-order valence-electron chi connectivity index (χ0n) is 19.5. The van der Waals surface area contributed by atoms with E-state index in [9.17, 15) is 14.4 Å². The summed E-state index contributed by atoms with van der Waals surface area (Å²) in [6, 6.07) is 20.3. The van der Waals surface area contributed by atoms with Crippen LogP contribution in [0.15, 0.2) is 76.3 Å². The Balaban J connectivity index is 1.56. The lowest BCUT2D eigenvalue weighted by molar-refractivity contribution is -0.139. The van der Waals surface area contributed by atoms with Crippen molar-refractivity contribution in [1.29, 1.82) is 0 Å². The first kappa shape index (κ1) is 20.1. The van der Waals surface area contributed by atoms with Crippen LogP contribution in [-0.2, 0) is 16.0 Å². The van der Waals surface area contributed by atoms with E-state index in [2.05, 4.69) is 0 Å². The summed E-state index contributed by atoms with van der Waals surface area (Å²) in [5.74, 6) is -0.357. The van der Waals surface area contributed by atoms with Gasteiger partial charge in [-0.1, -0.05) is 18.2 Å². The smallest absolute Gasteiger partial charge is 0.309 e. The summed E-state index contributed by atoms with van der Waals surface area (Å²) >= 11 is 0. The molecule has 0 bridgehead atoms. The minimum atomic E-state index is -0.357. The normalized spacial score (nSPS) is 12.4. The molecule has 0 amide bonds. The van der Waals surface area contributed by atoms with Gasteiger partial charge in [-0.3, -0.25) is 23.2 Å². The number of para-hydroxylation sites is 2. The lowest BCUT2D eigenvalue weighted by Crippen LogP contribution is -2.16. The molecule has 8 rings (SSSR count). The second kappa shape index (κ2) is 6.76. The number of hydrogen-bond acceptors (Lipinski definition) is 6. The third kappa shape index (κ3) is 2.44. The van der Waals surface area contributed by atoms with E-state index < -0.39 is 0 Å². The Morgan fingerprint density at radius 3 is 1.95 bits per heavy atom. The summed E-state index contributed by atoms with van der Waals surface area (Å²) in [7, 11) is 1.35. The Kier molecular flexibility index (Phi) is 3.68. The van der Waals surface area contributed by atoms with Gasteiger partial charge in [0.25, 0.3) is 11.1 Å². The number of rotatable bonds is 2. The van der Waals surface area contributed by atoms with E-state index in [0.29, 0.717) is 38.5 Å². The summed E-state index contributed by atoms with van der Waals surface area (Å²) < 4.78 is 8.04. The first-order valence-electron chi connectivity index (χ1n) is 11.8. The van der Waals surface area contributed by atoms with E-state index in [1.165, 1.54) is 7.11 Å². The standard InChI is InChI=1S/C29H16N4O4/c1-37-23(34)13-14-6-11-20-22(12-14)33-27(31-20)16-8-9-17-24-15(7-10-18(25(16)24)29(33)36)26-30-19-4-2-3-5-21(19)32(26)28(17)35/h2-12H,13H2,1H3. The van der Waals surface area contributed by atoms with Gasteiger partial charge in [-0.15, -0.1) is 0 Å². The van der Waals surface area contributed by atoms with E-state index in [1.54, 1.807) is 20.9 Å². The van der Waals surface area contributed by atoms with E-state index in [0.717, 1.165) is 32.8 Å². The highest BCUT2D eigenvalue weighted by molar-refractivity contribution is 6.27. The molecule has 4 heterocycles. The van der Waals surface area contributed by atoms with Crippen molar-refractivity contribution >= 4 is 71.6 Å². The summed E-state index contributed by atoms with van der Waals surface area (Å²) in [6.07, 6.45) is 0.100. The van der Waals surface area contributed by atoms with Crippen LogP contribution in [0.5, 0.6) is 0 Å². The summed E-state index contributed by atoms with van der Waals surface area (Å²) in [4.78, 5) is 49.0. The van der Waals surface area contributed by atoms with Crippen molar-refractivity contribution in [2.45, 2.75) is 6.42 Å². The number of carbonyl (C=O) groups is 1. The minimum Gasteiger partial charge on any atom is -0.469 e. The van der Waals surface area contributed by atoms with Crippen LogP contribution in [0.3, 0.4) is 0 Å². The first-order valence-corrected chi connectivity index (χ1v) is 11.8. The van der Waals surface area contributed by atoms with Gasteiger partial charge in [0, 0.05) is 32.3 Å². The quantitative estimate of drug-likeness (QED) is 0.271. The van der Waals surface area contributed by atoms with Crippen molar-refractivity contribution in [1.82, 2.24) is 18.8 Å². The SMILES string of the molecule is COC(=O)Cc1ccc2nc3c4ccc5c(=O)n6c7ccccc7nc6c6ccc(c(=O)n3c2c1)c4c56. The van der Waals surface area contributed by atoms with Gasteiger partial charge in [0.2, 0.25) is 0 Å². The highest BCUT2D eigenvalue weighted by Crippen LogP contribution is 2.36. The highest BCUT2D eigenvalue weighted by atomic mass is 16.5. The maximum Gasteiger partial charge on any atom is 0.309 e. The van der Waals surface area contributed by atoms with Crippen LogP contribution in [0, 0.1) is 0 Å². The van der Waals surface area contributed by atoms with E-state index in [1.807, 2.05) is 54.6 Å². The third-order valence-electron chi connectivity index (χ3n) is 7.37. The van der Waals surface area contributed by atoms with Gasteiger partial charge in [-0.25, -0.2) is 9.97 Å². The van der Waals surface area contributed by atoms with E-state index in [4.69, 9.17) is 14.7 Å². The zero-order chi connectivity index (χ0) is 25.0. The van der Waals surface area contributed by atoms with Gasteiger partial charge in [0.1, 0.15) is 11.3 Å². The van der Waals surface area contributed by atoms with Gasteiger partial charge in [-0.05, 0) is 54.1 Å². The number of carbonyl (C=O) groups excluding carboxylic acids is 1. The fourth-order valence-electron chi connectivity index (χ4n) is 5.73. The van der Waals surface area contributed by atoms with Crippen LogP contribution in [0.25, 0.3) is 65.7 Å². The van der Waals surface area contributed by atoms with Crippen molar-refractivity contribution in [2.24, 2.45) is 0 Å². The molecule has 8 nitrogen and oxygen atoms in total. The molecule has 8 heteroatoms. The maximum absolute atomic E-state index is 13.9. The monoisotopic (exact) mass is 484 g/mol. The molecule has 0 atom stereocenters. The predicted molar refractivity (Wildman–Crippen MR) is 142 cm³/mol. The minimum absolute atomic E-state index is 0.100. The molecular formula is C29H16N4O4. The number of benzene rings is 4. The lowest BCUT2D eigenvalue weighted by atomic mass is 9.96. The first-order chi connectivity index (χ1) is 18.0. The van der Waals surface area contributed by atoms with Crippen molar-refractivity contribution < 1.29 is 9.53 Å². The predicted octanol–water partition coefficient (Wildman–Crippen LogP) is 4.06. The molecule has 0 fully saturated rings. The second-order valence-electron chi connectivity index (χ2n) is 9.29. The van der Waals surface area contributed by atoms with Gasteiger partial charge in [0.05, 0.1) is 35.6 Å². The molecule has 0 saturated carbocycles. The molecule has 0 N–H and O–H groups in total. The maximum atomic E-state index is 13.9. The summed E-state index contributed by atoms with van der Waals surface area (Å²) in [6.45, 7) is 0. The van der Waals surface area contributed by atoms with Crippen molar-refractivity contribution in [2.75, 3.05) is 7.11 Å². The largest absolute Gasteiger partial charge is 0.469 e. The number of nitrogens with zero attached hydrogens (tertiary/aromatic N) is 4. The molecule has 8 aromatic rings. The van der Waals surface area contributed by atoms with Crippen molar-refractivity contribution in [3.05, 3.63) is 93.0 Å². The van der Waals surface area contributed by atoms with Crippen LogP contribution >= 0.6 is 0 Å². The molecule has 0 aliphatic carbocycles. The molecule has 4 aromatic carbocycles. The number of ether oxygens (including phenoxy) is 1. The molecule has 176 valence electrons. The molecule has 0 aliphatic heterocycles. The van der Waals surface area contributed by atoms with Crippen LogP contribution < -0.4 is 11.1 Å². The zero-order valence-corrected chi connectivity index (χ0v) is 19.5. The van der Waals surface area contributed by atoms with Gasteiger partial charge >= 0.3 is 5.97 Å². The van der Waals surface area contributed by atoms with Gasteiger partial charge in [0.15, 0.2) is 0 Å². The Bertz CT molecular complexity index is 2390. The average Bonchev–Trinajstić information content (AvgIpc) is 3.49. The fourth-order valence-corrected chi connectivity index (χ4v) is 5.73. The molecular weight excluding hydrogens is 468 g/mol. The van der Waals surface area contributed by atoms with Crippen LogP contribution in [0.2, 0.25) is 0 Å². The molecule has 4 aromatic heterocycles. The lowest BCUT2D eigenvalue weighted by Gasteiger charge is -2.12. The van der Waals surface area contributed by atoms with E-state index >= 15 is 0 Å². The van der Waals surface area contributed by atoms with Crippen molar-refractivity contribution in [3.8, 4) is 0 Å². The topological polar surface area (TPSA) is 95.0 Å². The second-order valence-corrected chi connectivity index (χ2v) is 9.29. The van der Waals surface area contributed by atoms with Crippen molar-refractivity contribution in [3.63, 3.8) is 0 Å². The Morgan fingerprint density at radius 2 is 1.30 bits per heavy atom. The summed E-state index contributed by atoms with van der Waals surface area (Å²) in [5.41, 5.74) is 4.18. The Labute approximate surface area is 206 Å². The highest BCUT2D eigenvalue weighted by Gasteiger charge is 2.22. The third-order valence-corrected chi connectivity index (χ3v) is 7.37. The van der Waals surface area contributed by atoms with Crippen LogP contribution in [-0.4, -0.2) is 31.8 Å². The van der Waals surface area contributed by atoms with Gasteiger partial charge in [-0.2, -0.15) is 0 Å². The summed E-state index contributed by atoms with van der Waals surface area (Å²) in [5, 5.41) is 4.05. The number of hydrogen-bond donors (Lipinski definition) is 0. The molecule has 0 spiro atoms. The Morgan fingerprint density at radius 1 is 0.730 bits per heavy atom. The van der Waals surface area contributed by atoms with E-state index in [-0.39, 0.29) is 23.5 Å². The molecule has 0 unspecified atom stereocenters. The molecule has 0 radical (unpaired) electrons.